The van der Waals surface area contributed by atoms with Gasteiger partial charge in [-0.3, -0.25) is 4.57 Å². The quantitative estimate of drug-likeness (QED) is 0.433. The number of allylic oxidation sites excluding steroid dienone is 2. The van der Waals surface area contributed by atoms with Crippen LogP contribution in [0, 0.1) is 6.92 Å². The molecule has 0 saturated carbocycles. The highest BCUT2D eigenvalue weighted by Crippen LogP contribution is 2.28. The molecule has 1 saturated heterocycles. The first-order valence-corrected chi connectivity index (χ1v) is 12.7. The number of hydrogen-bond donors (Lipinski definition) is 0. The molecule has 2 aromatic heterocycles. The van der Waals surface area contributed by atoms with Crippen molar-refractivity contribution in [3.63, 3.8) is 0 Å². The summed E-state index contributed by atoms with van der Waals surface area (Å²) in [5, 5.41) is 0. The molecular formula is C26H28BrN3O4. The first-order valence-electron chi connectivity index (χ1n) is 11.9. The van der Waals surface area contributed by atoms with E-state index in [4.69, 9.17) is 14.5 Å². The molecule has 8 heteroatoms. The average Bonchev–Trinajstić information content (AvgIpc) is 3.11. The Balaban J connectivity index is 1.34. The standard InChI is InChI=1S/C26H28BrN3O4/c1-17-22(27)14-23-24(28-17)30(19-10-6-3-7-11-19)26(32)29(23)15-20-12-13-21(16-33-20)34-25(31)18-8-4-2-5-9-18/h2,4-5,8-10,14,20-21H,3,6-7,11-13,15-16H2,1H3/t20-,21-/m1/s1. The van der Waals surface area contributed by atoms with Crippen molar-refractivity contribution in [3.05, 3.63) is 68.7 Å². The molecule has 0 bridgehead atoms. The van der Waals surface area contributed by atoms with E-state index in [0.29, 0.717) is 37.2 Å². The third-order valence-electron chi connectivity index (χ3n) is 6.59. The minimum Gasteiger partial charge on any atom is -0.456 e. The van der Waals surface area contributed by atoms with Gasteiger partial charge in [0.1, 0.15) is 6.10 Å². The molecule has 2 aliphatic rings. The summed E-state index contributed by atoms with van der Waals surface area (Å²) in [5.74, 6) is -0.334. The fourth-order valence-electron chi connectivity index (χ4n) is 4.71. The third-order valence-corrected chi connectivity index (χ3v) is 7.39. The van der Waals surface area contributed by atoms with Crippen molar-refractivity contribution in [2.24, 2.45) is 0 Å². The lowest BCUT2D eigenvalue weighted by Crippen LogP contribution is -2.37. The molecule has 2 atom stereocenters. The van der Waals surface area contributed by atoms with Gasteiger partial charge in [-0.05, 0) is 79.6 Å². The van der Waals surface area contributed by atoms with Crippen LogP contribution in [0.2, 0.25) is 0 Å². The zero-order chi connectivity index (χ0) is 23.7. The smallest absolute Gasteiger partial charge is 0.338 e. The van der Waals surface area contributed by atoms with Crippen LogP contribution < -0.4 is 5.69 Å². The van der Waals surface area contributed by atoms with Gasteiger partial charge in [0.25, 0.3) is 0 Å². The van der Waals surface area contributed by atoms with Crippen molar-refractivity contribution in [1.82, 2.24) is 14.1 Å². The molecule has 34 heavy (non-hydrogen) atoms. The van der Waals surface area contributed by atoms with E-state index >= 15 is 0 Å². The third kappa shape index (κ3) is 4.61. The second-order valence-corrected chi connectivity index (χ2v) is 9.85. The lowest BCUT2D eigenvalue weighted by Gasteiger charge is -2.29. The van der Waals surface area contributed by atoms with Gasteiger partial charge in [0, 0.05) is 10.2 Å². The van der Waals surface area contributed by atoms with Gasteiger partial charge in [0.2, 0.25) is 0 Å². The predicted molar refractivity (Wildman–Crippen MR) is 134 cm³/mol. The van der Waals surface area contributed by atoms with Crippen LogP contribution in [0.4, 0.5) is 0 Å². The molecule has 1 aromatic carbocycles. The van der Waals surface area contributed by atoms with Gasteiger partial charge in [-0.2, -0.15) is 0 Å². The van der Waals surface area contributed by atoms with Gasteiger partial charge < -0.3 is 9.47 Å². The number of carbonyl (C=O) groups is 1. The molecule has 1 aliphatic carbocycles. The van der Waals surface area contributed by atoms with E-state index in [1.54, 1.807) is 21.3 Å². The van der Waals surface area contributed by atoms with Gasteiger partial charge in [0.05, 0.1) is 36.0 Å². The Kier molecular flexibility index (Phi) is 6.70. The number of esters is 1. The molecule has 5 rings (SSSR count). The monoisotopic (exact) mass is 525 g/mol. The molecule has 0 N–H and O–H groups in total. The lowest BCUT2D eigenvalue weighted by molar-refractivity contribution is -0.0710. The number of imidazole rings is 1. The SMILES string of the molecule is Cc1nc2c(cc1Br)n(C[C@H]1CC[C@@H](OC(=O)c3ccccc3)CO1)c(=O)n2C1=CCCCC1. The van der Waals surface area contributed by atoms with Crippen LogP contribution in [0.15, 0.2) is 51.7 Å². The van der Waals surface area contributed by atoms with E-state index in [9.17, 15) is 9.59 Å². The zero-order valence-corrected chi connectivity index (χ0v) is 20.8. The van der Waals surface area contributed by atoms with Crippen molar-refractivity contribution in [2.45, 2.75) is 64.2 Å². The number of benzene rings is 1. The molecule has 3 aromatic rings. The minimum atomic E-state index is -0.334. The number of ether oxygens (including phenoxy) is 2. The van der Waals surface area contributed by atoms with Crippen molar-refractivity contribution < 1.29 is 14.3 Å². The number of nitrogens with zero attached hydrogens (tertiary/aromatic N) is 3. The molecule has 3 heterocycles. The summed E-state index contributed by atoms with van der Waals surface area (Å²) < 4.78 is 16.1. The zero-order valence-electron chi connectivity index (χ0n) is 19.2. The Morgan fingerprint density at radius 1 is 1.24 bits per heavy atom. The largest absolute Gasteiger partial charge is 0.456 e. The van der Waals surface area contributed by atoms with E-state index < -0.39 is 0 Å². The van der Waals surface area contributed by atoms with Crippen LogP contribution in [0.25, 0.3) is 16.9 Å². The van der Waals surface area contributed by atoms with Crippen LogP contribution in [0.5, 0.6) is 0 Å². The Hall–Kier alpha value is -2.71. The molecule has 0 spiro atoms. The number of pyridine rings is 1. The minimum absolute atomic E-state index is 0.0746. The number of fused-ring (bicyclic) bond motifs is 1. The van der Waals surface area contributed by atoms with E-state index in [1.807, 2.05) is 31.2 Å². The topological polar surface area (TPSA) is 75.4 Å². The van der Waals surface area contributed by atoms with E-state index in [1.165, 1.54) is 0 Å². The number of carbonyl (C=O) groups excluding carboxylic acids is 1. The van der Waals surface area contributed by atoms with Crippen LogP contribution in [-0.4, -0.2) is 38.9 Å². The van der Waals surface area contributed by atoms with Gasteiger partial charge in [0.15, 0.2) is 5.65 Å². The summed E-state index contributed by atoms with van der Waals surface area (Å²) >= 11 is 3.57. The molecule has 1 fully saturated rings. The number of rotatable bonds is 5. The summed E-state index contributed by atoms with van der Waals surface area (Å²) in [6.45, 7) is 2.70. The molecule has 0 radical (unpaired) electrons. The van der Waals surface area contributed by atoms with Gasteiger partial charge in [-0.1, -0.05) is 24.3 Å². The first-order chi connectivity index (χ1) is 16.5. The van der Waals surface area contributed by atoms with E-state index in [2.05, 4.69) is 22.0 Å². The summed E-state index contributed by atoms with van der Waals surface area (Å²) in [7, 11) is 0. The molecular weight excluding hydrogens is 498 g/mol. The Bertz CT molecular complexity index is 1290. The number of hydrogen-bond acceptors (Lipinski definition) is 5. The summed E-state index contributed by atoms with van der Waals surface area (Å²) in [4.78, 5) is 30.7. The number of aromatic nitrogens is 3. The Morgan fingerprint density at radius 2 is 2.06 bits per heavy atom. The normalized spacial score (nSPS) is 20.8. The molecule has 0 unspecified atom stereocenters. The van der Waals surface area contributed by atoms with Crippen LogP contribution >= 0.6 is 15.9 Å². The maximum absolute atomic E-state index is 13.6. The lowest BCUT2D eigenvalue weighted by atomic mass is 10.0. The Labute approximate surface area is 206 Å². The second-order valence-electron chi connectivity index (χ2n) is 8.99. The number of halogens is 1. The number of aryl methyl sites for hydroxylation is 1. The van der Waals surface area contributed by atoms with Crippen molar-refractivity contribution in [1.29, 1.82) is 0 Å². The highest BCUT2D eigenvalue weighted by Gasteiger charge is 2.28. The first kappa shape index (κ1) is 23.1. The van der Waals surface area contributed by atoms with Crippen LogP contribution in [0.1, 0.15) is 54.6 Å². The van der Waals surface area contributed by atoms with Crippen molar-refractivity contribution in [2.75, 3.05) is 6.61 Å². The van der Waals surface area contributed by atoms with Crippen molar-refractivity contribution in [3.8, 4) is 0 Å². The average molecular weight is 526 g/mol. The fourth-order valence-corrected chi connectivity index (χ4v) is 5.02. The summed E-state index contributed by atoms with van der Waals surface area (Å²) in [6.07, 6.45) is 7.24. The predicted octanol–water partition coefficient (Wildman–Crippen LogP) is 5.09. The second kappa shape index (κ2) is 9.88. The van der Waals surface area contributed by atoms with Crippen LogP contribution in [-0.2, 0) is 16.0 Å². The Morgan fingerprint density at radius 3 is 2.76 bits per heavy atom. The van der Waals surface area contributed by atoms with Gasteiger partial charge >= 0.3 is 11.7 Å². The van der Waals surface area contributed by atoms with E-state index in [-0.39, 0.29) is 23.9 Å². The highest BCUT2D eigenvalue weighted by molar-refractivity contribution is 9.10. The van der Waals surface area contributed by atoms with Gasteiger partial charge in [-0.25, -0.2) is 19.1 Å². The maximum atomic E-state index is 13.6. The van der Waals surface area contributed by atoms with Crippen LogP contribution in [0.3, 0.4) is 0 Å². The molecule has 7 nitrogen and oxygen atoms in total. The molecule has 0 amide bonds. The summed E-state index contributed by atoms with van der Waals surface area (Å²) in [5.41, 5.74) is 3.85. The molecule has 178 valence electrons. The fraction of sp³-hybridized carbons (Fsp3) is 0.423. The molecule has 1 aliphatic heterocycles. The highest BCUT2D eigenvalue weighted by atomic mass is 79.9. The summed E-state index contributed by atoms with van der Waals surface area (Å²) in [6, 6.07) is 11.0. The van der Waals surface area contributed by atoms with E-state index in [0.717, 1.165) is 47.1 Å². The maximum Gasteiger partial charge on any atom is 0.338 e. The van der Waals surface area contributed by atoms with Gasteiger partial charge in [-0.15, -0.1) is 0 Å². The van der Waals surface area contributed by atoms with Crippen molar-refractivity contribution >= 4 is 38.8 Å².